The van der Waals surface area contributed by atoms with Crippen molar-refractivity contribution < 1.29 is 29.2 Å². The van der Waals surface area contributed by atoms with Crippen LogP contribution in [0.2, 0.25) is 0 Å². The highest BCUT2D eigenvalue weighted by Gasteiger charge is 2.28. The molecule has 0 aromatic heterocycles. The standard InChI is InChI=1S/C14H20O6/c1-18-12(19-2)8-11(15)13(16)14(17)20-9-10-6-4-3-5-7-10/h3-7,11-13,15-16H,8-9H2,1-2H3/t11-,13+/m0/s1. The molecule has 0 bridgehead atoms. The predicted molar refractivity (Wildman–Crippen MR) is 70.7 cm³/mol. The van der Waals surface area contributed by atoms with Crippen molar-refractivity contribution in [2.45, 2.75) is 31.5 Å². The Kier molecular flexibility index (Phi) is 7.17. The molecule has 0 radical (unpaired) electrons. The third kappa shape index (κ3) is 5.26. The lowest BCUT2D eigenvalue weighted by molar-refractivity contribution is -0.168. The smallest absolute Gasteiger partial charge is 0.338 e. The van der Waals surface area contributed by atoms with Crippen molar-refractivity contribution in [1.82, 2.24) is 0 Å². The summed E-state index contributed by atoms with van der Waals surface area (Å²) >= 11 is 0. The van der Waals surface area contributed by atoms with Gasteiger partial charge in [-0.05, 0) is 5.56 Å². The van der Waals surface area contributed by atoms with Gasteiger partial charge in [-0.2, -0.15) is 0 Å². The van der Waals surface area contributed by atoms with Gasteiger partial charge in [0.2, 0.25) is 0 Å². The van der Waals surface area contributed by atoms with Gasteiger partial charge >= 0.3 is 5.97 Å². The van der Waals surface area contributed by atoms with Crippen LogP contribution in [0.3, 0.4) is 0 Å². The number of benzene rings is 1. The van der Waals surface area contributed by atoms with Gasteiger partial charge < -0.3 is 24.4 Å². The van der Waals surface area contributed by atoms with Crippen LogP contribution in [0.15, 0.2) is 30.3 Å². The van der Waals surface area contributed by atoms with E-state index in [2.05, 4.69) is 0 Å². The number of methoxy groups -OCH3 is 2. The zero-order chi connectivity index (χ0) is 15.0. The Morgan fingerprint density at radius 3 is 2.30 bits per heavy atom. The van der Waals surface area contributed by atoms with Crippen LogP contribution in [-0.2, 0) is 25.6 Å². The second-order valence-corrected chi connectivity index (χ2v) is 4.24. The van der Waals surface area contributed by atoms with Crippen LogP contribution in [0, 0.1) is 0 Å². The molecule has 0 amide bonds. The van der Waals surface area contributed by atoms with E-state index >= 15 is 0 Å². The van der Waals surface area contributed by atoms with Gasteiger partial charge in [-0.3, -0.25) is 0 Å². The SMILES string of the molecule is COC(C[C@H](O)[C@@H](O)C(=O)OCc1ccccc1)OC. The third-order valence-corrected chi connectivity index (χ3v) is 2.79. The molecule has 0 fully saturated rings. The minimum Gasteiger partial charge on any atom is -0.459 e. The monoisotopic (exact) mass is 284 g/mol. The zero-order valence-corrected chi connectivity index (χ0v) is 11.6. The third-order valence-electron chi connectivity index (χ3n) is 2.79. The number of ether oxygens (including phenoxy) is 3. The van der Waals surface area contributed by atoms with E-state index < -0.39 is 24.5 Å². The number of esters is 1. The first kappa shape index (κ1) is 16.6. The Morgan fingerprint density at radius 2 is 1.75 bits per heavy atom. The highest BCUT2D eigenvalue weighted by atomic mass is 16.7. The van der Waals surface area contributed by atoms with E-state index in [1.807, 2.05) is 18.2 Å². The fourth-order valence-electron chi connectivity index (χ4n) is 1.59. The Morgan fingerprint density at radius 1 is 1.15 bits per heavy atom. The van der Waals surface area contributed by atoms with Gasteiger partial charge in [0.1, 0.15) is 6.61 Å². The average Bonchev–Trinajstić information content (AvgIpc) is 2.50. The quantitative estimate of drug-likeness (QED) is 0.533. The van der Waals surface area contributed by atoms with Crippen LogP contribution in [0.4, 0.5) is 0 Å². The number of aliphatic hydroxyl groups excluding tert-OH is 2. The molecule has 0 saturated heterocycles. The lowest BCUT2D eigenvalue weighted by Gasteiger charge is -2.20. The molecule has 0 unspecified atom stereocenters. The van der Waals surface area contributed by atoms with Crippen molar-refractivity contribution in [3.63, 3.8) is 0 Å². The van der Waals surface area contributed by atoms with Gasteiger partial charge in [0, 0.05) is 20.6 Å². The molecule has 20 heavy (non-hydrogen) atoms. The number of aliphatic hydroxyl groups is 2. The lowest BCUT2D eigenvalue weighted by Crippen LogP contribution is -2.38. The van der Waals surface area contributed by atoms with Gasteiger partial charge in [0.15, 0.2) is 12.4 Å². The van der Waals surface area contributed by atoms with Gasteiger partial charge in [-0.25, -0.2) is 4.79 Å². The Labute approximate surface area is 117 Å². The summed E-state index contributed by atoms with van der Waals surface area (Å²) < 4.78 is 14.7. The summed E-state index contributed by atoms with van der Waals surface area (Å²) in [5.74, 6) is -0.882. The normalized spacial score (nSPS) is 14.1. The summed E-state index contributed by atoms with van der Waals surface area (Å²) in [5, 5.41) is 19.4. The molecule has 1 aromatic carbocycles. The molecule has 1 rings (SSSR count). The Bertz CT molecular complexity index is 390. The first-order valence-electron chi connectivity index (χ1n) is 6.20. The largest absolute Gasteiger partial charge is 0.459 e. The summed E-state index contributed by atoms with van der Waals surface area (Å²) in [6.45, 7) is 0.0431. The Hall–Kier alpha value is -1.47. The molecule has 0 aliphatic heterocycles. The van der Waals surface area contributed by atoms with E-state index in [4.69, 9.17) is 14.2 Å². The molecular formula is C14H20O6. The predicted octanol–water partition coefficient (Wildman–Crippen LogP) is 0.461. The second kappa shape index (κ2) is 8.65. The fraction of sp³-hybridized carbons (Fsp3) is 0.500. The molecule has 0 aliphatic rings. The molecule has 0 heterocycles. The van der Waals surface area contributed by atoms with Crippen molar-refractivity contribution >= 4 is 5.97 Å². The van der Waals surface area contributed by atoms with E-state index in [1.165, 1.54) is 14.2 Å². The van der Waals surface area contributed by atoms with Crippen LogP contribution in [0.5, 0.6) is 0 Å². The van der Waals surface area contributed by atoms with Gasteiger partial charge in [-0.15, -0.1) is 0 Å². The summed E-state index contributed by atoms with van der Waals surface area (Å²) in [5.41, 5.74) is 0.800. The molecule has 6 nitrogen and oxygen atoms in total. The van der Waals surface area contributed by atoms with Gasteiger partial charge in [0.25, 0.3) is 0 Å². The van der Waals surface area contributed by atoms with Crippen LogP contribution in [0.1, 0.15) is 12.0 Å². The van der Waals surface area contributed by atoms with E-state index in [1.54, 1.807) is 12.1 Å². The molecule has 2 N–H and O–H groups in total. The second-order valence-electron chi connectivity index (χ2n) is 4.24. The van der Waals surface area contributed by atoms with Crippen LogP contribution in [0.25, 0.3) is 0 Å². The summed E-state index contributed by atoms with van der Waals surface area (Å²) in [6, 6.07) is 9.07. The van der Waals surface area contributed by atoms with Gasteiger partial charge in [0.05, 0.1) is 6.10 Å². The van der Waals surface area contributed by atoms with Crippen LogP contribution < -0.4 is 0 Å². The first-order chi connectivity index (χ1) is 9.58. The molecule has 1 aromatic rings. The number of hydrogen-bond donors (Lipinski definition) is 2. The lowest BCUT2D eigenvalue weighted by atomic mass is 10.1. The molecular weight excluding hydrogens is 264 g/mol. The minimum atomic E-state index is -1.63. The van der Waals surface area contributed by atoms with Crippen molar-refractivity contribution in [3.8, 4) is 0 Å². The van der Waals surface area contributed by atoms with Crippen LogP contribution >= 0.6 is 0 Å². The van der Waals surface area contributed by atoms with E-state index in [9.17, 15) is 15.0 Å². The highest BCUT2D eigenvalue weighted by molar-refractivity contribution is 5.75. The van der Waals surface area contributed by atoms with E-state index in [0.717, 1.165) is 5.56 Å². The summed E-state index contributed by atoms with van der Waals surface area (Å²) in [7, 11) is 2.81. The Balaban J connectivity index is 2.42. The number of hydrogen-bond acceptors (Lipinski definition) is 6. The molecule has 0 aliphatic carbocycles. The average molecular weight is 284 g/mol. The molecule has 0 spiro atoms. The molecule has 0 saturated carbocycles. The molecule has 2 atom stereocenters. The molecule has 6 heteroatoms. The first-order valence-corrected chi connectivity index (χ1v) is 6.20. The maximum atomic E-state index is 11.6. The van der Waals surface area contributed by atoms with Crippen molar-refractivity contribution in [2.24, 2.45) is 0 Å². The number of carbonyl (C=O) groups is 1. The maximum Gasteiger partial charge on any atom is 0.338 e. The van der Waals surface area contributed by atoms with E-state index in [-0.39, 0.29) is 13.0 Å². The highest BCUT2D eigenvalue weighted by Crippen LogP contribution is 2.09. The number of carbonyl (C=O) groups excluding carboxylic acids is 1. The maximum absolute atomic E-state index is 11.6. The minimum absolute atomic E-state index is 0.0331. The fourth-order valence-corrected chi connectivity index (χ4v) is 1.59. The molecule has 112 valence electrons. The number of rotatable bonds is 8. The van der Waals surface area contributed by atoms with Crippen molar-refractivity contribution in [3.05, 3.63) is 35.9 Å². The van der Waals surface area contributed by atoms with Gasteiger partial charge in [-0.1, -0.05) is 30.3 Å². The summed E-state index contributed by atoms with van der Waals surface area (Å²) in [6.07, 6.45) is -3.68. The summed E-state index contributed by atoms with van der Waals surface area (Å²) in [4.78, 5) is 11.6. The van der Waals surface area contributed by atoms with Crippen molar-refractivity contribution in [1.29, 1.82) is 0 Å². The van der Waals surface area contributed by atoms with Crippen LogP contribution in [-0.4, -0.2) is 48.9 Å². The topological polar surface area (TPSA) is 85.2 Å². The zero-order valence-electron chi connectivity index (χ0n) is 11.6. The van der Waals surface area contributed by atoms with E-state index in [0.29, 0.717) is 0 Å². The van der Waals surface area contributed by atoms with Crippen molar-refractivity contribution in [2.75, 3.05) is 14.2 Å².